The molecule has 0 bridgehead atoms. The molecule has 2 rings (SSSR count). The third kappa shape index (κ3) is 5.66. The highest BCUT2D eigenvalue weighted by atomic mass is 32.1. The van der Waals surface area contributed by atoms with Crippen molar-refractivity contribution in [3.05, 3.63) is 21.9 Å². The molecule has 1 fully saturated rings. The molecular weight excluding hydrogens is 264 g/mol. The number of nitrogens with one attached hydrogen (secondary N) is 1. The van der Waals surface area contributed by atoms with Crippen LogP contribution in [0.25, 0.3) is 0 Å². The molecule has 1 aromatic rings. The molecule has 1 N–H and O–H groups in total. The lowest BCUT2D eigenvalue weighted by molar-refractivity contribution is 0.289. The summed E-state index contributed by atoms with van der Waals surface area (Å²) in [6, 6.07) is 4.49. The van der Waals surface area contributed by atoms with Gasteiger partial charge in [0.05, 0.1) is 6.54 Å². The average Bonchev–Trinajstić information content (AvgIpc) is 3.04. The van der Waals surface area contributed by atoms with Gasteiger partial charge >= 0.3 is 0 Å². The van der Waals surface area contributed by atoms with Gasteiger partial charge in [0.25, 0.3) is 0 Å². The Hall–Kier alpha value is -0.820. The Morgan fingerprint density at radius 3 is 2.65 bits per heavy atom. The van der Waals surface area contributed by atoms with E-state index in [1.54, 1.807) is 0 Å². The molecular formula is C17H26N2S. The molecule has 20 heavy (non-hydrogen) atoms. The second-order valence-electron chi connectivity index (χ2n) is 6.79. The molecule has 2 nitrogen and oxygen atoms in total. The van der Waals surface area contributed by atoms with E-state index in [1.807, 2.05) is 11.3 Å². The van der Waals surface area contributed by atoms with Gasteiger partial charge in [-0.3, -0.25) is 4.90 Å². The first kappa shape index (κ1) is 15.6. The van der Waals surface area contributed by atoms with E-state index < -0.39 is 0 Å². The molecule has 0 spiro atoms. The Bertz CT molecular complexity index is 460. The highest BCUT2D eigenvalue weighted by molar-refractivity contribution is 7.11. The highest BCUT2D eigenvalue weighted by Gasteiger charge is 2.24. The van der Waals surface area contributed by atoms with Crippen molar-refractivity contribution in [2.24, 2.45) is 5.92 Å². The highest BCUT2D eigenvalue weighted by Crippen LogP contribution is 2.30. The van der Waals surface area contributed by atoms with Crippen LogP contribution in [-0.4, -0.2) is 23.5 Å². The van der Waals surface area contributed by atoms with Crippen LogP contribution < -0.4 is 5.32 Å². The van der Waals surface area contributed by atoms with Gasteiger partial charge in [-0.1, -0.05) is 5.92 Å². The van der Waals surface area contributed by atoms with Crippen LogP contribution in [0, 0.1) is 18.3 Å². The quantitative estimate of drug-likeness (QED) is 0.773. The fraction of sp³-hybridized carbons (Fsp3) is 0.647. The number of thiophene rings is 1. The van der Waals surface area contributed by atoms with Crippen LogP contribution in [0.2, 0.25) is 0 Å². The van der Waals surface area contributed by atoms with Crippen molar-refractivity contribution < 1.29 is 0 Å². The molecule has 1 aliphatic rings. The number of rotatable bonds is 7. The van der Waals surface area contributed by atoms with Gasteiger partial charge < -0.3 is 5.32 Å². The van der Waals surface area contributed by atoms with Crippen LogP contribution in [0.5, 0.6) is 0 Å². The molecule has 0 amide bonds. The molecule has 1 aliphatic carbocycles. The number of hydrogen-bond acceptors (Lipinski definition) is 3. The van der Waals surface area contributed by atoms with Crippen molar-refractivity contribution in [3.63, 3.8) is 0 Å². The maximum absolute atomic E-state index is 5.48. The van der Waals surface area contributed by atoms with Crippen molar-refractivity contribution in [3.8, 4) is 12.3 Å². The van der Waals surface area contributed by atoms with Gasteiger partial charge in [-0.15, -0.1) is 17.8 Å². The van der Waals surface area contributed by atoms with Gasteiger partial charge in [0, 0.05) is 34.9 Å². The van der Waals surface area contributed by atoms with E-state index in [9.17, 15) is 0 Å². The fourth-order valence-corrected chi connectivity index (χ4v) is 3.16. The SMILES string of the molecule is C#CCN(Cc1ccc(CNC(C)(C)C)s1)CC1CC1. The van der Waals surface area contributed by atoms with Crippen molar-refractivity contribution in [2.45, 2.75) is 52.2 Å². The van der Waals surface area contributed by atoms with E-state index in [4.69, 9.17) is 6.42 Å². The number of nitrogens with zero attached hydrogens (tertiary/aromatic N) is 1. The molecule has 1 heterocycles. The van der Waals surface area contributed by atoms with Crippen LogP contribution in [0.15, 0.2) is 12.1 Å². The van der Waals surface area contributed by atoms with E-state index in [1.165, 1.54) is 22.6 Å². The van der Waals surface area contributed by atoms with Crippen molar-refractivity contribution >= 4 is 11.3 Å². The third-order valence-corrected chi connectivity index (χ3v) is 4.49. The summed E-state index contributed by atoms with van der Waals surface area (Å²) in [5.74, 6) is 3.69. The zero-order valence-corrected chi connectivity index (χ0v) is 13.7. The van der Waals surface area contributed by atoms with Crippen LogP contribution in [0.3, 0.4) is 0 Å². The van der Waals surface area contributed by atoms with E-state index in [2.05, 4.69) is 49.0 Å². The van der Waals surface area contributed by atoms with Crippen LogP contribution >= 0.6 is 11.3 Å². The minimum atomic E-state index is 0.172. The van der Waals surface area contributed by atoms with Crippen LogP contribution in [0.1, 0.15) is 43.4 Å². The smallest absolute Gasteiger partial charge is 0.0602 e. The lowest BCUT2D eigenvalue weighted by atomic mass is 10.1. The largest absolute Gasteiger partial charge is 0.307 e. The summed E-state index contributed by atoms with van der Waals surface area (Å²) in [6.45, 7) is 10.5. The monoisotopic (exact) mass is 290 g/mol. The Morgan fingerprint density at radius 2 is 2.05 bits per heavy atom. The lowest BCUT2D eigenvalue weighted by Gasteiger charge is -2.20. The Labute approximate surface area is 127 Å². The predicted octanol–water partition coefficient (Wildman–Crippen LogP) is 3.48. The van der Waals surface area contributed by atoms with Gasteiger partial charge in [-0.2, -0.15) is 0 Å². The van der Waals surface area contributed by atoms with Gasteiger partial charge in [-0.25, -0.2) is 0 Å². The maximum atomic E-state index is 5.48. The second kappa shape index (κ2) is 6.76. The summed E-state index contributed by atoms with van der Waals surface area (Å²) >= 11 is 1.90. The Kier molecular flexibility index (Phi) is 5.26. The maximum Gasteiger partial charge on any atom is 0.0602 e. The predicted molar refractivity (Wildman–Crippen MR) is 87.7 cm³/mol. The van der Waals surface area contributed by atoms with Gasteiger partial charge in [0.2, 0.25) is 0 Å². The zero-order valence-electron chi connectivity index (χ0n) is 12.9. The van der Waals surface area contributed by atoms with E-state index >= 15 is 0 Å². The second-order valence-corrected chi connectivity index (χ2v) is 8.04. The van der Waals surface area contributed by atoms with Crippen molar-refractivity contribution in [2.75, 3.05) is 13.1 Å². The van der Waals surface area contributed by atoms with Crippen molar-refractivity contribution in [1.29, 1.82) is 0 Å². The minimum absolute atomic E-state index is 0.172. The first-order chi connectivity index (χ1) is 9.46. The van der Waals surface area contributed by atoms with Crippen LogP contribution in [0.4, 0.5) is 0 Å². The summed E-state index contributed by atoms with van der Waals surface area (Å²) in [7, 11) is 0. The first-order valence-electron chi connectivity index (χ1n) is 7.45. The summed E-state index contributed by atoms with van der Waals surface area (Å²) in [5.41, 5.74) is 0.172. The van der Waals surface area contributed by atoms with Crippen LogP contribution in [-0.2, 0) is 13.1 Å². The molecule has 0 atom stereocenters. The summed E-state index contributed by atoms with van der Waals surface area (Å²) in [6.07, 6.45) is 8.24. The summed E-state index contributed by atoms with van der Waals surface area (Å²) in [5, 5.41) is 3.54. The average molecular weight is 290 g/mol. The van der Waals surface area contributed by atoms with E-state index in [0.29, 0.717) is 0 Å². The van der Waals surface area contributed by atoms with Gasteiger partial charge in [0.1, 0.15) is 0 Å². The Balaban J connectivity index is 1.85. The Morgan fingerprint density at radius 1 is 1.35 bits per heavy atom. The third-order valence-electron chi connectivity index (χ3n) is 3.42. The fourth-order valence-electron chi connectivity index (χ4n) is 2.15. The lowest BCUT2D eigenvalue weighted by Crippen LogP contribution is -2.34. The standard InChI is InChI=1S/C17H26N2S/c1-5-10-19(12-14-6-7-14)13-16-9-8-15(20-16)11-18-17(2,3)4/h1,8-9,14,18H,6-7,10-13H2,2-4H3. The number of hydrogen-bond donors (Lipinski definition) is 1. The molecule has 0 aromatic carbocycles. The summed E-state index contributed by atoms with van der Waals surface area (Å²) < 4.78 is 0. The topological polar surface area (TPSA) is 15.3 Å². The first-order valence-corrected chi connectivity index (χ1v) is 8.26. The molecule has 3 heteroatoms. The van der Waals surface area contributed by atoms with Gasteiger partial charge in [0.15, 0.2) is 0 Å². The summed E-state index contributed by atoms with van der Waals surface area (Å²) in [4.78, 5) is 5.23. The molecule has 110 valence electrons. The number of terminal acetylenes is 1. The normalized spacial score (nSPS) is 15.6. The van der Waals surface area contributed by atoms with Crippen molar-refractivity contribution in [1.82, 2.24) is 10.2 Å². The zero-order chi connectivity index (χ0) is 14.6. The molecule has 0 radical (unpaired) electrons. The molecule has 0 aliphatic heterocycles. The van der Waals surface area contributed by atoms with E-state index in [0.717, 1.165) is 32.1 Å². The molecule has 0 saturated heterocycles. The molecule has 0 unspecified atom stereocenters. The molecule has 1 saturated carbocycles. The van der Waals surface area contributed by atoms with Gasteiger partial charge in [-0.05, 0) is 51.7 Å². The minimum Gasteiger partial charge on any atom is -0.307 e. The molecule has 1 aromatic heterocycles. The van der Waals surface area contributed by atoms with E-state index in [-0.39, 0.29) is 5.54 Å².